The molecule has 3 aromatic carbocycles. The SMILES string of the molecule is O=C(N=Nc1c(O)n(Cc2ccccc2)c2ccccc12)c1ccccc1. The maximum absolute atomic E-state index is 12.2. The van der Waals surface area contributed by atoms with Crippen molar-refractivity contribution in [3.63, 3.8) is 0 Å². The highest BCUT2D eigenvalue weighted by molar-refractivity contribution is 5.97. The van der Waals surface area contributed by atoms with Gasteiger partial charge in [0.1, 0.15) is 0 Å². The van der Waals surface area contributed by atoms with Gasteiger partial charge in [0.05, 0.1) is 12.1 Å². The van der Waals surface area contributed by atoms with Gasteiger partial charge in [0, 0.05) is 10.9 Å². The van der Waals surface area contributed by atoms with Gasteiger partial charge in [-0.3, -0.25) is 4.79 Å². The van der Waals surface area contributed by atoms with Crippen LogP contribution in [0.5, 0.6) is 5.88 Å². The second kappa shape index (κ2) is 7.25. The monoisotopic (exact) mass is 355 g/mol. The summed E-state index contributed by atoms with van der Waals surface area (Å²) in [7, 11) is 0. The van der Waals surface area contributed by atoms with E-state index in [1.807, 2.05) is 60.7 Å². The van der Waals surface area contributed by atoms with Gasteiger partial charge in [-0.25, -0.2) is 0 Å². The molecule has 0 aliphatic carbocycles. The van der Waals surface area contributed by atoms with Crippen molar-refractivity contribution in [2.75, 3.05) is 0 Å². The molecule has 4 rings (SSSR count). The first-order valence-electron chi connectivity index (χ1n) is 8.59. The quantitative estimate of drug-likeness (QED) is 0.504. The standard InChI is InChI=1S/C22H17N3O2/c26-21(17-11-5-2-6-12-17)24-23-20-18-13-7-8-14-19(18)25(22(20)27)15-16-9-3-1-4-10-16/h1-14,27H,15H2. The number of hydrogen-bond donors (Lipinski definition) is 1. The van der Waals surface area contributed by atoms with Crippen LogP contribution < -0.4 is 0 Å². The molecule has 132 valence electrons. The molecule has 0 fully saturated rings. The zero-order valence-corrected chi connectivity index (χ0v) is 14.5. The van der Waals surface area contributed by atoms with Crippen LogP contribution in [0.4, 0.5) is 5.69 Å². The third kappa shape index (κ3) is 3.35. The molecule has 0 spiro atoms. The lowest BCUT2D eigenvalue weighted by molar-refractivity contribution is 0.0995. The molecule has 1 N–H and O–H groups in total. The van der Waals surface area contributed by atoms with Crippen molar-refractivity contribution in [1.82, 2.24) is 4.57 Å². The molecule has 0 aliphatic heterocycles. The molecule has 4 aromatic rings. The Labute approximate surface area is 156 Å². The van der Waals surface area contributed by atoms with Crippen molar-refractivity contribution in [2.45, 2.75) is 6.54 Å². The lowest BCUT2D eigenvalue weighted by atomic mass is 10.2. The Morgan fingerprint density at radius 3 is 2.22 bits per heavy atom. The fraction of sp³-hybridized carbons (Fsp3) is 0.0455. The second-order valence-electron chi connectivity index (χ2n) is 6.13. The van der Waals surface area contributed by atoms with E-state index in [9.17, 15) is 9.90 Å². The van der Waals surface area contributed by atoms with Crippen LogP contribution in [0.3, 0.4) is 0 Å². The molecule has 5 heteroatoms. The summed E-state index contributed by atoms with van der Waals surface area (Å²) in [5.74, 6) is -0.459. The summed E-state index contributed by atoms with van der Waals surface area (Å²) >= 11 is 0. The smallest absolute Gasteiger partial charge is 0.295 e. The zero-order chi connectivity index (χ0) is 18.6. The van der Waals surface area contributed by atoms with E-state index in [1.54, 1.807) is 28.8 Å². The fourth-order valence-corrected chi connectivity index (χ4v) is 3.03. The van der Waals surface area contributed by atoms with Crippen molar-refractivity contribution < 1.29 is 9.90 Å². The van der Waals surface area contributed by atoms with E-state index in [2.05, 4.69) is 10.2 Å². The minimum absolute atomic E-state index is 0.00957. The summed E-state index contributed by atoms with van der Waals surface area (Å²) in [6.45, 7) is 0.495. The molecule has 1 aromatic heterocycles. The van der Waals surface area contributed by atoms with Crippen LogP contribution in [0, 0.1) is 0 Å². The van der Waals surface area contributed by atoms with Crippen molar-refractivity contribution in [3.8, 4) is 5.88 Å². The lowest BCUT2D eigenvalue weighted by Crippen LogP contribution is -1.98. The van der Waals surface area contributed by atoms with Gasteiger partial charge in [0.15, 0.2) is 5.69 Å². The predicted octanol–water partition coefficient (Wildman–Crippen LogP) is 5.32. The summed E-state index contributed by atoms with van der Waals surface area (Å²) < 4.78 is 1.77. The number of nitrogens with zero attached hydrogens (tertiary/aromatic N) is 3. The number of rotatable bonds is 4. The fourth-order valence-electron chi connectivity index (χ4n) is 3.03. The maximum atomic E-state index is 12.2. The Morgan fingerprint density at radius 1 is 0.852 bits per heavy atom. The van der Waals surface area contributed by atoms with Crippen LogP contribution in [-0.2, 0) is 6.54 Å². The number of fused-ring (bicyclic) bond motifs is 1. The third-order valence-electron chi connectivity index (χ3n) is 4.36. The number of carbonyl (C=O) groups excluding carboxylic acids is 1. The highest BCUT2D eigenvalue weighted by atomic mass is 16.3. The Balaban J connectivity index is 1.74. The Bertz CT molecular complexity index is 1120. The first-order valence-corrected chi connectivity index (χ1v) is 8.59. The van der Waals surface area contributed by atoms with Crippen LogP contribution in [0.25, 0.3) is 10.9 Å². The summed E-state index contributed by atoms with van der Waals surface area (Å²) in [6.07, 6.45) is 0. The number of hydrogen-bond acceptors (Lipinski definition) is 3. The van der Waals surface area contributed by atoms with E-state index in [1.165, 1.54) is 0 Å². The van der Waals surface area contributed by atoms with Gasteiger partial charge in [-0.2, -0.15) is 0 Å². The van der Waals surface area contributed by atoms with Crippen LogP contribution in [0.2, 0.25) is 0 Å². The van der Waals surface area contributed by atoms with E-state index in [0.717, 1.165) is 16.5 Å². The number of para-hydroxylation sites is 1. The van der Waals surface area contributed by atoms with Crippen molar-refractivity contribution in [3.05, 3.63) is 96.1 Å². The normalized spacial score (nSPS) is 11.3. The Kier molecular flexibility index (Phi) is 4.49. The minimum Gasteiger partial charge on any atom is -0.493 e. The number of aromatic nitrogens is 1. The van der Waals surface area contributed by atoms with E-state index < -0.39 is 5.91 Å². The summed E-state index contributed by atoms with van der Waals surface area (Å²) in [5.41, 5.74) is 2.64. The summed E-state index contributed by atoms with van der Waals surface area (Å²) in [5, 5.41) is 19.4. The van der Waals surface area contributed by atoms with Gasteiger partial charge in [-0.1, -0.05) is 66.7 Å². The molecule has 0 radical (unpaired) electrons. The minimum atomic E-state index is -0.449. The molecule has 1 heterocycles. The van der Waals surface area contributed by atoms with Gasteiger partial charge in [-0.15, -0.1) is 10.2 Å². The van der Waals surface area contributed by atoms with E-state index in [4.69, 9.17) is 0 Å². The van der Waals surface area contributed by atoms with Crippen molar-refractivity contribution >= 4 is 22.5 Å². The van der Waals surface area contributed by atoms with Gasteiger partial charge >= 0.3 is 0 Å². The van der Waals surface area contributed by atoms with Gasteiger partial charge < -0.3 is 9.67 Å². The molecule has 0 saturated heterocycles. The van der Waals surface area contributed by atoms with Gasteiger partial charge in [-0.05, 0) is 23.8 Å². The molecule has 27 heavy (non-hydrogen) atoms. The van der Waals surface area contributed by atoms with E-state index in [-0.39, 0.29) is 5.88 Å². The lowest BCUT2D eigenvalue weighted by Gasteiger charge is -2.06. The first-order chi connectivity index (χ1) is 13.2. The largest absolute Gasteiger partial charge is 0.493 e. The summed E-state index contributed by atoms with van der Waals surface area (Å²) in [6, 6.07) is 26.1. The predicted molar refractivity (Wildman–Crippen MR) is 104 cm³/mol. The van der Waals surface area contributed by atoms with Crippen LogP contribution in [-0.4, -0.2) is 15.6 Å². The topological polar surface area (TPSA) is 66.9 Å². The van der Waals surface area contributed by atoms with Crippen LogP contribution in [0.15, 0.2) is 95.2 Å². The molecule has 0 aliphatic rings. The van der Waals surface area contributed by atoms with Crippen molar-refractivity contribution in [1.29, 1.82) is 0 Å². The molecular weight excluding hydrogens is 338 g/mol. The van der Waals surface area contributed by atoms with E-state index in [0.29, 0.717) is 17.8 Å². The number of benzene rings is 3. The third-order valence-corrected chi connectivity index (χ3v) is 4.36. The average Bonchev–Trinajstić information content (AvgIpc) is 2.99. The first kappa shape index (κ1) is 16.7. The highest BCUT2D eigenvalue weighted by Gasteiger charge is 2.17. The average molecular weight is 355 g/mol. The second-order valence-corrected chi connectivity index (χ2v) is 6.13. The molecule has 0 bridgehead atoms. The highest BCUT2D eigenvalue weighted by Crippen LogP contribution is 2.39. The molecule has 0 atom stereocenters. The molecule has 0 unspecified atom stereocenters. The summed E-state index contributed by atoms with van der Waals surface area (Å²) in [4.78, 5) is 12.2. The van der Waals surface area contributed by atoms with Gasteiger partial charge in [0.2, 0.25) is 5.88 Å². The molecular formula is C22H17N3O2. The Hall–Kier alpha value is -3.73. The molecule has 1 amide bonds. The number of aromatic hydroxyl groups is 1. The van der Waals surface area contributed by atoms with Crippen LogP contribution >= 0.6 is 0 Å². The maximum Gasteiger partial charge on any atom is 0.295 e. The van der Waals surface area contributed by atoms with Gasteiger partial charge in [0.25, 0.3) is 5.91 Å². The number of carbonyl (C=O) groups is 1. The van der Waals surface area contributed by atoms with E-state index >= 15 is 0 Å². The Morgan fingerprint density at radius 2 is 1.48 bits per heavy atom. The zero-order valence-electron chi connectivity index (χ0n) is 14.5. The van der Waals surface area contributed by atoms with Crippen molar-refractivity contribution in [2.24, 2.45) is 10.2 Å². The number of amides is 1. The molecule has 0 saturated carbocycles. The number of azo groups is 1. The molecule has 5 nitrogen and oxygen atoms in total. The van der Waals surface area contributed by atoms with Crippen LogP contribution in [0.1, 0.15) is 15.9 Å².